The van der Waals surface area contributed by atoms with E-state index in [9.17, 15) is 14.7 Å². The Kier molecular flexibility index (Phi) is 3.92. The third-order valence-corrected chi connectivity index (χ3v) is 3.81. The first-order valence-electron chi connectivity index (χ1n) is 7.10. The van der Waals surface area contributed by atoms with E-state index in [0.29, 0.717) is 19.6 Å². The molecule has 0 saturated carbocycles. The summed E-state index contributed by atoms with van der Waals surface area (Å²) in [6, 6.07) is 0. The minimum atomic E-state index is -1.32. The van der Waals surface area contributed by atoms with Gasteiger partial charge in [0.1, 0.15) is 11.1 Å². The molecule has 1 N–H and O–H groups in total. The molecule has 1 spiro atoms. The number of amides is 1. The van der Waals surface area contributed by atoms with Gasteiger partial charge in [-0.1, -0.05) is 0 Å². The van der Waals surface area contributed by atoms with E-state index < -0.39 is 29.0 Å². The van der Waals surface area contributed by atoms with Gasteiger partial charge in [0, 0.05) is 19.4 Å². The lowest BCUT2D eigenvalue weighted by atomic mass is 9.84. The topological polar surface area (TPSA) is 85.3 Å². The van der Waals surface area contributed by atoms with E-state index in [0.717, 1.165) is 4.90 Å². The molecule has 0 bridgehead atoms. The number of likely N-dealkylation sites (tertiary alicyclic amines) is 1. The number of carbonyl (C=O) groups is 2. The number of hydrogen-bond acceptors (Lipinski definition) is 5. The molecule has 2 saturated heterocycles. The molecule has 2 aliphatic rings. The molecule has 21 heavy (non-hydrogen) atoms. The molecule has 2 rings (SSSR count). The van der Waals surface area contributed by atoms with Crippen LogP contribution >= 0.6 is 0 Å². The number of rotatable bonds is 1. The average Bonchev–Trinajstić information content (AvgIpc) is 2.74. The Morgan fingerprint density at radius 2 is 1.81 bits per heavy atom. The van der Waals surface area contributed by atoms with E-state index in [1.54, 1.807) is 27.7 Å². The van der Waals surface area contributed by atoms with Crippen LogP contribution in [-0.4, -0.2) is 58.8 Å². The van der Waals surface area contributed by atoms with E-state index in [1.807, 2.05) is 0 Å². The van der Waals surface area contributed by atoms with E-state index in [-0.39, 0.29) is 13.0 Å². The Balaban J connectivity index is 2.27. The van der Waals surface area contributed by atoms with Gasteiger partial charge in [0.25, 0.3) is 0 Å². The Bertz CT molecular complexity index is 437. The number of esters is 1. The quantitative estimate of drug-likeness (QED) is 0.741. The second kappa shape index (κ2) is 5.14. The smallest absolute Gasteiger partial charge is 0.408 e. The third kappa shape index (κ3) is 3.13. The van der Waals surface area contributed by atoms with Gasteiger partial charge in [-0.15, -0.1) is 0 Å². The van der Waals surface area contributed by atoms with Crippen LogP contribution in [0.15, 0.2) is 0 Å². The highest BCUT2D eigenvalue weighted by Crippen LogP contribution is 2.41. The average molecular weight is 301 g/mol. The minimum absolute atomic E-state index is 0.140. The zero-order valence-corrected chi connectivity index (χ0v) is 13.0. The van der Waals surface area contributed by atoms with E-state index >= 15 is 0 Å². The predicted octanol–water partition coefficient (Wildman–Crippen LogP) is 1.60. The zero-order chi connectivity index (χ0) is 15.9. The van der Waals surface area contributed by atoms with Crippen LogP contribution < -0.4 is 0 Å². The van der Waals surface area contributed by atoms with Crippen LogP contribution in [0.25, 0.3) is 0 Å². The first-order chi connectivity index (χ1) is 9.58. The molecule has 0 unspecified atom stereocenters. The third-order valence-electron chi connectivity index (χ3n) is 3.81. The van der Waals surface area contributed by atoms with Gasteiger partial charge in [0.05, 0.1) is 13.2 Å². The maximum Gasteiger partial charge on any atom is 0.408 e. The van der Waals surface area contributed by atoms with Crippen molar-refractivity contribution in [1.29, 1.82) is 0 Å². The molecule has 0 radical (unpaired) electrons. The standard InChI is InChI=1S/C14H23NO6/c1-12(2,3)21-10(16)13(4)9-14(19-7-8-20-14)5-6-15(13)11(17)18/h5-9H2,1-4H3,(H,17,18)/t13-/m0/s1. The summed E-state index contributed by atoms with van der Waals surface area (Å²) in [5.74, 6) is -1.45. The normalized spacial score (nSPS) is 28.7. The number of nitrogens with zero attached hydrogens (tertiary/aromatic N) is 1. The lowest BCUT2D eigenvalue weighted by Crippen LogP contribution is -2.64. The van der Waals surface area contributed by atoms with Crippen molar-refractivity contribution in [2.24, 2.45) is 0 Å². The van der Waals surface area contributed by atoms with Crippen molar-refractivity contribution in [1.82, 2.24) is 4.90 Å². The molecule has 0 aliphatic carbocycles. The molecule has 0 aromatic carbocycles. The first-order valence-corrected chi connectivity index (χ1v) is 7.10. The molecule has 1 amide bonds. The van der Waals surface area contributed by atoms with Gasteiger partial charge in [-0.2, -0.15) is 0 Å². The van der Waals surface area contributed by atoms with Gasteiger partial charge in [-0.3, -0.25) is 4.90 Å². The second-order valence-corrected chi connectivity index (χ2v) is 6.74. The summed E-state index contributed by atoms with van der Waals surface area (Å²) in [5, 5.41) is 9.39. The Morgan fingerprint density at radius 3 is 2.29 bits per heavy atom. The fraction of sp³-hybridized carbons (Fsp3) is 0.857. The monoisotopic (exact) mass is 301 g/mol. The number of hydrogen-bond donors (Lipinski definition) is 1. The van der Waals surface area contributed by atoms with Crippen molar-refractivity contribution < 1.29 is 28.9 Å². The molecule has 120 valence electrons. The van der Waals surface area contributed by atoms with E-state index in [4.69, 9.17) is 14.2 Å². The maximum absolute atomic E-state index is 12.6. The molecule has 0 aromatic rings. The summed E-state index contributed by atoms with van der Waals surface area (Å²) < 4.78 is 16.7. The largest absolute Gasteiger partial charge is 0.465 e. The summed E-state index contributed by atoms with van der Waals surface area (Å²) >= 11 is 0. The Labute approximate surface area is 124 Å². The highest BCUT2D eigenvalue weighted by atomic mass is 16.7. The van der Waals surface area contributed by atoms with Gasteiger partial charge >= 0.3 is 12.1 Å². The van der Waals surface area contributed by atoms with Crippen LogP contribution in [0, 0.1) is 0 Å². The van der Waals surface area contributed by atoms with Crippen LogP contribution in [0.4, 0.5) is 4.79 Å². The Hall–Kier alpha value is -1.34. The maximum atomic E-state index is 12.6. The minimum Gasteiger partial charge on any atom is -0.465 e. The van der Waals surface area contributed by atoms with Gasteiger partial charge in [-0.25, -0.2) is 9.59 Å². The molecule has 2 fully saturated rings. The number of carboxylic acid groups (broad SMARTS) is 1. The molecular weight excluding hydrogens is 278 g/mol. The molecule has 1 atom stereocenters. The highest BCUT2D eigenvalue weighted by molar-refractivity contribution is 5.85. The number of ether oxygens (including phenoxy) is 3. The van der Waals surface area contributed by atoms with Gasteiger partial charge in [0.15, 0.2) is 5.79 Å². The molecule has 2 heterocycles. The molecule has 2 aliphatic heterocycles. The summed E-state index contributed by atoms with van der Waals surface area (Å²) in [6.45, 7) is 7.91. The zero-order valence-electron chi connectivity index (χ0n) is 13.0. The van der Waals surface area contributed by atoms with Crippen molar-refractivity contribution in [2.75, 3.05) is 19.8 Å². The number of piperidine rings is 1. The van der Waals surface area contributed by atoms with Crippen molar-refractivity contribution in [2.45, 2.75) is 57.5 Å². The van der Waals surface area contributed by atoms with Crippen LogP contribution in [0.5, 0.6) is 0 Å². The van der Waals surface area contributed by atoms with Crippen LogP contribution in [0.1, 0.15) is 40.5 Å². The number of carbonyl (C=O) groups excluding carboxylic acids is 1. The first kappa shape index (κ1) is 16.0. The SMILES string of the molecule is CC(C)(C)OC(=O)[C@]1(C)CC2(CCN1C(=O)O)OCCO2. The van der Waals surface area contributed by atoms with Crippen LogP contribution in [0.2, 0.25) is 0 Å². The Morgan fingerprint density at radius 1 is 1.24 bits per heavy atom. The van der Waals surface area contributed by atoms with E-state index in [2.05, 4.69) is 0 Å². The van der Waals surface area contributed by atoms with Crippen molar-refractivity contribution in [3.8, 4) is 0 Å². The van der Waals surface area contributed by atoms with Crippen LogP contribution in [-0.2, 0) is 19.0 Å². The lowest BCUT2D eigenvalue weighted by Gasteiger charge is -2.47. The molecule has 7 nitrogen and oxygen atoms in total. The fourth-order valence-electron chi connectivity index (χ4n) is 2.86. The van der Waals surface area contributed by atoms with Crippen molar-refractivity contribution in [3.63, 3.8) is 0 Å². The molecule has 0 aromatic heterocycles. The van der Waals surface area contributed by atoms with Gasteiger partial charge in [-0.05, 0) is 27.7 Å². The fourth-order valence-corrected chi connectivity index (χ4v) is 2.86. The summed E-state index contributed by atoms with van der Waals surface area (Å²) in [6.07, 6.45) is -0.588. The summed E-state index contributed by atoms with van der Waals surface area (Å²) in [7, 11) is 0. The summed E-state index contributed by atoms with van der Waals surface area (Å²) in [5.41, 5.74) is -2.01. The predicted molar refractivity (Wildman–Crippen MR) is 72.8 cm³/mol. The van der Waals surface area contributed by atoms with Gasteiger partial charge < -0.3 is 19.3 Å². The molecule has 7 heteroatoms. The van der Waals surface area contributed by atoms with Crippen LogP contribution in [0.3, 0.4) is 0 Å². The second-order valence-electron chi connectivity index (χ2n) is 6.74. The van der Waals surface area contributed by atoms with Crippen molar-refractivity contribution in [3.05, 3.63) is 0 Å². The van der Waals surface area contributed by atoms with Gasteiger partial charge in [0.2, 0.25) is 0 Å². The summed E-state index contributed by atoms with van der Waals surface area (Å²) in [4.78, 5) is 25.2. The van der Waals surface area contributed by atoms with E-state index in [1.165, 1.54) is 0 Å². The van der Waals surface area contributed by atoms with Crippen molar-refractivity contribution >= 4 is 12.1 Å². The highest BCUT2D eigenvalue weighted by Gasteiger charge is 2.56. The lowest BCUT2D eigenvalue weighted by molar-refractivity contribution is -0.218. The molecular formula is C14H23NO6.